The number of carbonyl (C=O) groups is 2. The van der Waals surface area contributed by atoms with E-state index in [1.807, 2.05) is 35.2 Å². The Morgan fingerprint density at radius 1 is 1.13 bits per heavy atom. The molecule has 4 saturated carbocycles. The first kappa shape index (κ1) is 25.6. The average molecular weight is 521 g/mol. The lowest BCUT2D eigenvalue weighted by molar-refractivity contribution is -0.145. The molecular formula is C31H40N2O5. The van der Waals surface area contributed by atoms with E-state index >= 15 is 0 Å². The summed E-state index contributed by atoms with van der Waals surface area (Å²) in [6.07, 6.45) is 10.2. The van der Waals surface area contributed by atoms with E-state index in [1.165, 1.54) is 19.3 Å². The minimum atomic E-state index is -0.969. The first-order valence-electron chi connectivity index (χ1n) is 14.4. The largest absolute Gasteiger partial charge is 0.486 e. The fourth-order valence-corrected chi connectivity index (χ4v) is 8.77. The van der Waals surface area contributed by atoms with Gasteiger partial charge < -0.3 is 25.2 Å². The van der Waals surface area contributed by atoms with Crippen molar-refractivity contribution in [1.29, 1.82) is 0 Å². The Bertz CT molecular complexity index is 1090. The molecule has 0 spiro atoms. The molecule has 1 aliphatic heterocycles. The van der Waals surface area contributed by atoms with E-state index in [1.54, 1.807) is 6.08 Å². The predicted molar refractivity (Wildman–Crippen MR) is 143 cm³/mol. The maximum atomic E-state index is 13.8. The van der Waals surface area contributed by atoms with Crippen LogP contribution in [0.5, 0.6) is 5.75 Å². The highest BCUT2D eigenvalue weighted by Gasteiger charge is 2.54. The number of hydrogen-bond donors (Lipinski definition) is 3. The summed E-state index contributed by atoms with van der Waals surface area (Å²) in [4.78, 5) is 29.1. The molecule has 0 aromatic heterocycles. The summed E-state index contributed by atoms with van der Waals surface area (Å²) < 4.78 is 6.27. The zero-order valence-electron chi connectivity index (χ0n) is 22.1. The molecule has 1 heterocycles. The number of aliphatic hydroxyl groups is 2. The summed E-state index contributed by atoms with van der Waals surface area (Å²) in [5, 5.41) is 23.9. The van der Waals surface area contributed by atoms with Gasteiger partial charge in [-0.1, -0.05) is 24.3 Å². The molecule has 7 nitrogen and oxygen atoms in total. The second-order valence-electron chi connectivity index (χ2n) is 12.4. The SMILES string of the molecule is C=CCCC(=O)N(CC12CC3CC(CC(C3)C1)C2)C1C=C(C(=O)NCCO)C2c3ccccc3OC2C1O. The van der Waals surface area contributed by atoms with Crippen molar-refractivity contribution in [1.82, 2.24) is 10.2 Å². The highest BCUT2D eigenvalue weighted by molar-refractivity contribution is 5.96. The van der Waals surface area contributed by atoms with Gasteiger partial charge in [0.2, 0.25) is 11.8 Å². The smallest absolute Gasteiger partial charge is 0.247 e. The van der Waals surface area contributed by atoms with Crippen molar-refractivity contribution in [2.24, 2.45) is 23.2 Å². The fourth-order valence-electron chi connectivity index (χ4n) is 8.77. The topological polar surface area (TPSA) is 99.1 Å². The zero-order valence-corrected chi connectivity index (χ0v) is 22.1. The summed E-state index contributed by atoms with van der Waals surface area (Å²) in [5.41, 5.74) is 1.45. The molecule has 0 saturated heterocycles. The summed E-state index contributed by atoms with van der Waals surface area (Å²) in [5.74, 6) is 2.17. The maximum Gasteiger partial charge on any atom is 0.247 e. The van der Waals surface area contributed by atoms with Crippen LogP contribution >= 0.6 is 0 Å². The third-order valence-corrected chi connectivity index (χ3v) is 9.79. The van der Waals surface area contributed by atoms with Crippen LogP contribution in [-0.2, 0) is 9.59 Å². The van der Waals surface area contributed by atoms with Crippen LogP contribution in [-0.4, -0.2) is 64.9 Å². The quantitative estimate of drug-likeness (QED) is 0.434. The Morgan fingerprint density at radius 3 is 2.47 bits per heavy atom. The fraction of sp³-hybridized carbons (Fsp3) is 0.613. The first-order chi connectivity index (χ1) is 18.4. The summed E-state index contributed by atoms with van der Waals surface area (Å²) in [6, 6.07) is 6.92. The van der Waals surface area contributed by atoms with Crippen molar-refractivity contribution >= 4 is 11.8 Å². The van der Waals surface area contributed by atoms with Gasteiger partial charge in [0.25, 0.3) is 0 Å². The summed E-state index contributed by atoms with van der Waals surface area (Å²) in [7, 11) is 0. The number of amides is 2. The number of benzene rings is 1. The van der Waals surface area contributed by atoms with Gasteiger partial charge in [-0.15, -0.1) is 6.58 Å². The van der Waals surface area contributed by atoms with E-state index in [0.717, 1.165) is 42.6 Å². The molecular weight excluding hydrogens is 480 g/mol. The molecule has 1 aromatic rings. The summed E-state index contributed by atoms with van der Waals surface area (Å²) in [6.45, 7) is 4.39. The van der Waals surface area contributed by atoms with E-state index in [4.69, 9.17) is 4.74 Å². The van der Waals surface area contributed by atoms with Crippen molar-refractivity contribution in [2.75, 3.05) is 19.7 Å². The lowest BCUT2D eigenvalue weighted by atomic mass is 9.49. The highest BCUT2D eigenvalue weighted by Crippen LogP contribution is 2.60. The monoisotopic (exact) mass is 520 g/mol. The third-order valence-electron chi connectivity index (χ3n) is 9.79. The third kappa shape index (κ3) is 4.47. The van der Waals surface area contributed by atoms with Crippen LogP contribution in [0.1, 0.15) is 62.8 Å². The number of hydrogen-bond acceptors (Lipinski definition) is 5. The van der Waals surface area contributed by atoms with E-state index < -0.39 is 24.2 Å². The molecule has 4 atom stereocenters. The molecule has 5 aliphatic carbocycles. The van der Waals surface area contributed by atoms with Gasteiger partial charge in [-0.2, -0.15) is 0 Å². The molecule has 4 fully saturated rings. The Hall–Kier alpha value is -2.64. The van der Waals surface area contributed by atoms with Crippen LogP contribution in [0.4, 0.5) is 0 Å². The number of carbonyl (C=O) groups excluding carboxylic acids is 2. The molecule has 3 N–H and O–H groups in total. The average Bonchev–Trinajstić information content (AvgIpc) is 3.29. The van der Waals surface area contributed by atoms with E-state index in [2.05, 4.69) is 11.9 Å². The number of allylic oxidation sites excluding steroid dienone is 1. The van der Waals surface area contributed by atoms with E-state index in [9.17, 15) is 19.8 Å². The Morgan fingerprint density at radius 2 is 1.82 bits per heavy atom. The molecule has 2 amide bonds. The Labute approximate surface area is 224 Å². The van der Waals surface area contributed by atoms with Gasteiger partial charge in [-0.25, -0.2) is 0 Å². The number of nitrogens with one attached hydrogen (secondary N) is 1. The number of para-hydroxylation sites is 1. The number of fused-ring (bicyclic) bond motifs is 3. The maximum absolute atomic E-state index is 13.8. The van der Waals surface area contributed by atoms with Crippen molar-refractivity contribution < 1.29 is 24.5 Å². The second-order valence-corrected chi connectivity index (χ2v) is 12.4. The van der Waals surface area contributed by atoms with E-state index in [0.29, 0.717) is 30.7 Å². The van der Waals surface area contributed by atoms with Crippen LogP contribution in [0.25, 0.3) is 0 Å². The minimum absolute atomic E-state index is 0.00924. The van der Waals surface area contributed by atoms with Crippen molar-refractivity contribution in [3.8, 4) is 5.75 Å². The molecule has 38 heavy (non-hydrogen) atoms. The second kappa shape index (κ2) is 10.2. The highest BCUT2D eigenvalue weighted by atomic mass is 16.5. The van der Waals surface area contributed by atoms with Crippen LogP contribution in [0.15, 0.2) is 48.6 Å². The van der Waals surface area contributed by atoms with E-state index in [-0.39, 0.29) is 30.4 Å². The van der Waals surface area contributed by atoms with Gasteiger partial charge in [-0.05, 0) is 80.3 Å². The molecule has 7 rings (SSSR count). The van der Waals surface area contributed by atoms with Crippen molar-refractivity contribution in [2.45, 2.75) is 75.5 Å². The lowest BCUT2D eigenvalue weighted by Crippen LogP contribution is -2.59. The molecule has 4 bridgehead atoms. The van der Waals surface area contributed by atoms with Gasteiger partial charge in [-0.3, -0.25) is 9.59 Å². The number of nitrogens with zero attached hydrogens (tertiary/aromatic N) is 1. The van der Waals surface area contributed by atoms with Crippen LogP contribution in [0.3, 0.4) is 0 Å². The van der Waals surface area contributed by atoms with Crippen LogP contribution in [0, 0.1) is 23.2 Å². The van der Waals surface area contributed by atoms with Crippen molar-refractivity contribution in [3.05, 3.63) is 54.1 Å². The number of ether oxygens (including phenoxy) is 1. The van der Waals surface area contributed by atoms with Gasteiger partial charge in [0, 0.05) is 30.6 Å². The molecule has 0 radical (unpaired) electrons. The lowest BCUT2D eigenvalue weighted by Gasteiger charge is -2.58. The van der Waals surface area contributed by atoms with Gasteiger partial charge >= 0.3 is 0 Å². The van der Waals surface area contributed by atoms with Gasteiger partial charge in [0.05, 0.1) is 18.6 Å². The molecule has 7 heteroatoms. The van der Waals surface area contributed by atoms with Gasteiger partial charge in [0.15, 0.2) is 0 Å². The normalized spacial score (nSPS) is 36.1. The molecule has 204 valence electrons. The predicted octanol–water partition coefficient (Wildman–Crippen LogP) is 3.32. The summed E-state index contributed by atoms with van der Waals surface area (Å²) >= 11 is 0. The Balaban J connectivity index is 1.37. The van der Waals surface area contributed by atoms with Crippen LogP contribution in [0.2, 0.25) is 0 Å². The zero-order chi connectivity index (χ0) is 26.4. The first-order valence-corrected chi connectivity index (χ1v) is 14.4. The number of aliphatic hydroxyl groups excluding tert-OH is 2. The minimum Gasteiger partial charge on any atom is -0.486 e. The number of rotatable bonds is 9. The van der Waals surface area contributed by atoms with Gasteiger partial charge in [0.1, 0.15) is 18.0 Å². The molecule has 6 aliphatic rings. The Kier molecular flexibility index (Phi) is 6.85. The molecule has 4 unspecified atom stereocenters. The van der Waals surface area contributed by atoms with Crippen molar-refractivity contribution in [3.63, 3.8) is 0 Å². The standard InChI is InChI=1S/C31H40N2O5/c1-2-3-8-26(35)33(18-31-15-19-11-20(16-31)13-21(12-19)17-31)24-14-23(30(37)32-9-10-34)27-22-6-4-5-7-25(22)38-29(27)28(24)36/h2,4-7,14,19-21,24,27-29,34,36H,1,3,8-13,15-18H2,(H,32,37). The van der Waals surface area contributed by atoms with Crippen LogP contribution < -0.4 is 10.1 Å². The molecule has 1 aromatic carbocycles.